The second kappa shape index (κ2) is 8.39. The Morgan fingerprint density at radius 3 is 3.00 bits per heavy atom. The quantitative estimate of drug-likeness (QED) is 0.388. The Hall–Kier alpha value is -2.26. The monoisotopic (exact) mass is 349 g/mol. The highest BCUT2D eigenvalue weighted by Gasteiger charge is 2.26. The molecule has 1 aliphatic heterocycles. The number of fused-ring (bicyclic) bond motifs is 1. The number of hydrogen-bond donors (Lipinski definition) is 3. The summed E-state index contributed by atoms with van der Waals surface area (Å²) in [5.74, 6) is -0.932. The van der Waals surface area contributed by atoms with E-state index in [2.05, 4.69) is 32.7 Å². The Bertz CT molecular complexity index is 652. The van der Waals surface area contributed by atoms with Crippen LogP contribution in [0.1, 0.15) is 0 Å². The van der Waals surface area contributed by atoms with Crippen LogP contribution in [0.25, 0.3) is 0 Å². The predicted molar refractivity (Wildman–Crippen MR) is 96.2 cm³/mol. The highest BCUT2D eigenvalue weighted by Crippen LogP contribution is 2.19. The van der Waals surface area contributed by atoms with Gasteiger partial charge in [0.15, 0.2) is 10.3 Å². The Morgan fingerprint density at radius 2 is 2.22 bits per heavy atom. The van der Waals surface area contributed by atoms with Crippen molar-refractivity contribution in [1.29, 1.82) is 0 Å². The van der Waals surface area contributed by atoms with Gasteiger partial charge in [0.1, 0.15) is 5.92 Å². The number of nitrogens with zero attached hydrogens (tertiary/aromatic N) is 2. The molecule has 0 aromatic carbocycles. The summed E-state index contributed by atoms with van der Waals surface area (Å²) < 4.78 is 0. The van der Waals surface area contributed by atoms with E-state index in [-0.39, 0.29) is 27.8 Å². The van der Waals surface area contributed by atoms with E-state index in [4.69, 9.17) is 12.2 Å². The Labute approximate surface area is 143 Å². The molecule has 2 rings (SSSR count). The number of thioether (sulfide) groups is 1. The Balaban J connectivity index is 1.78. The molecule has 7 nitrogen and oxygen atoms in total. The fourth-order valence-electron chi connectivity index (χ4n) is 1.71. The fourth-order valence-corrected chi connectivity index (χ4v) is 2.50. The summed E-state index contributed by atoms with van der Waals surface area (Å²) in [5, 5.41) is 3.38. The number of rotatable bonds is 4. The summed E-state index contributed by atoms with van der Waals surface area (Å²) in [6.07, 6.45) is 8.76. The van der Waals surface area contributed by atoms with Gasteiger partial charge in [-0.2, -0.15) is 4.99 Å². The van der Waals surface area contributed by atoms with Crippen molar-refractivity contribution in [3.8, 4) is 0 Å². The first-order valence-corrected chi connectivity index (χ1v) is 8.12. The molecule has 0 saturated carbocycles. The van der Waals surface area contributed by atoms with Crippen LogP contribution in [0.4, 0.5) is 0 Å². The lowest BCUT2D eigenvalue weighted by atomic mass is 9.97. The average Bonchev–Trinajstić information content (AvgIpc) is 2.56. The summed E-state index contributed by atoms with van der Waals surface area (Å²) in [6, 6.07) is 0. The van der Waals surface area contributed by atoms with E-state index in [0.29, 0.717) is 12.3 Å². The number of carbonyl (C=O) groups is 2. The zero-order chi connectivity index (χ0) is 16.7. The van der Waals surface area contributed by atoms with E-state index in [1.807, 2.05) is 6.08 Å². The maximum absolute atomic E-state index is 11.9. The first-order valence-electron chi connectivity index (χ1n) is 6.72. The van der Waals surface area contributed by atoms with Crippen molar-refractivity contribution < 1.29 is 9.59 Å². The normalized spacial score (nSPS) is 18.4. The first-order chi connectivity index (χ1) is 11.1. The molecule has 120 valence electrons. The van der Waals surface area contributed by atoms with Gasteiger partial charge in [0, 0.05) is 6.54 Å². The third-order valence-electron chi connectivity index (χ3n) is 2.75. The number of aliphatic imine (C=N–C) groups is 2. The van der Waals surface area contributed by atoms with Gasteiger partial charge in [-0.3, -0.25) is 20.4 Å². The van der Waals surface area contributed by atoms with Gasteiger partial charge in [0.05, 0.1) is 11.5 Å². The van der Waals surface area contributed by atoms with Gasteiger partial charge in [-0.15, -0.1) is 6.58 Å². The van der Waals surface area contributed by atoms with Crippen molar-refractivity contribution in [2.45, 2.75) is 0 Å². The van der Waals surface area contributed by atoms with Gasteiger partial charge in [-0.25, -0.2) is 4.99 Å². The summed E-state index contributed by atoms with van der Waals surface area (Å²) in [6.45, 7) is 4.04. The number of hydrogen-bond acceptors (Lipinski definition) is 5. The molecule has 1 unspecified atom stereocenters. The molecule has 0 radical (unpaired) electrons. The molecule has 9 heteroatoms. The molecule has 0 fully saturated rings. The molecule has 0 spiro atoms. The van der Waals surface area contributed by atoms with E-state index in [1.54, 1.807) is 24.3 Å². The zero-order valence-electron chi connectivity index (χ0n) is 12.1. The van der Waals surface area contributed by atoms with Crippen molar-refractivity contribution in [3.05, 3.63) is 37.0 Å². The molecule has 0 aromatic heterocycles. The van der Waals surface area contributed by atoms with Crippen LogP contribution in [-0.2, 0) is 9.59 Å². The van der Waals surface area contributed by atoms with Gasteiger partial charge in [-0.1, -0.05) is 36.1 Å². The molecule has 1 aliphatic carbocycles. The maximum atomic E-state index is 11.9. The van der Waals surface area contributed by atoms with Crippen molar-refractivity contribution in [2.24, 2.45) is 15.9 Å². The summed E-state index contributed by atoms with van der Waals surface area (Å²) in [5.41, 5.74) is 5.63. The summed E-state index contributed by atoms with van der Waals surface area (Å²) in [4.78, 5) is 31.8. The standard InChI is InChI=1S/C14H15N5O2S2/c1-2-7-15-13(22)19-18-11(20)8-23-14-16-10-6-4-3-5-9(10)12(21)17-14/h2-6,9H,1,7-8H2,(H,18,20)(H2,15,19,22). The largest absolute Gasteiger partial charge is 0.358 e. The lowest BCUT2D eigenvalue weighted by Gasteiger charge is -2.17. The molecule has 3 N–H and O–H groups in total. The van der Waals surface area contributed by atoms with Crippen molar-refractivity contribution in [2.75, 3.05) is 12.3 Å². The zero-order valence-corrected chi connectivity index (χ0v) is 13.7. The second-order valence-corrected chi connectivity index (χ2v) is 5.80. The van der Waals surface area contributed by atoms with E-state index >= 15 is 0 Å². The van der Waals surface area contributed by atoms with Crippen LogP contribution in [0.3, 0.4) is 0 Å². The topological polar surface area (TPSA) is 95.0 Å². The minimum absolute atomic E-state index is 0.0597. The number of carbonyl (C=O) groups excluding carboxylic acids is 2. The summed E-state index contributed by atoms with van der Waals surface area (Å²) >= 11 is 6.02. The molecule has 23 heavy (non-hydrogen) atoms. The highest BCUT2D eigenvalue weighted by molar-refractivity contribution is 8.14. The molecular formula is C14H15N5O2S2. The van der Waals surface area contributed by atoms with Crippen LogP contribution in [0, 0.1) is 5.92 Å². The molecule has 0 bridgehead atoms. The van der Waals surface area contributed by atoms with Crippen molar-refractivity contribution in [3.63, 3.8) is 0 Å². The van der Waals surface area contributed by atoms with Crippen LogP contribution in [0.15, 0.2) is 46.9 Å². The fraction of sp³-hybridized carbons (Fsp3) is 0.214. The van der Waals surface area contributed by atoms with Crippen LogP contribution >= 0.6 is 24.0 Å². The maximum Gasteiger partial charge on any atom is 0.261 e. The van der Waals surface area contributed by atoms with E-state index in [0.717, 1.165) is 11.8 Å². The molecule has 1 atom stereocenters. The van der Waals surface area contributed by atoms with Crippen LogP contribution in [0.5, 0.6) is 0 Å². The molecule has 2 aliphatic rings. The predicted octanol–water partition coefficient (Wildman–Crippen LogP) is 0.480. The number of allylic oxidation sites excluding steroid dienone is 3. The third kappa shape index (κ3) is 5.15. The van der Waals surface area contributed by atoms with Crippen molar-refractivity contribution in [1.82, 2.24) is 16.2 Å². The van der Waals surface area contributed by atoms with Crippen LogP contribution in [-0.4, -0.2) is 40.1 Å². The van der Waals surface area contributed by atoms with Crippen molar-refractivity contribution >= 4 is 51.8 Å². The highest BCUT2D eigenvalue weighted by atomic mass is 32.2. The van der Waals surface area contributed by atoms with E-state index < -0.39 is 5.92 Å². The molecule has 0 aromatic rings. The number of hydrazine groups is 1. The van der Waals surface area contributed by atoms with Crippen LogP contribution in [0.2, 0.25) is 0 Å². The Morgan fingerprint density at radius 1 is 1.39 bits per heavy atom. The molecular weight excluding hydrogens is 334 g/mol. The molecule has 1 heterocycles. The third-order valence-corrected chi connectivity index (χ3v) is 3.85. The number of amidine groups is 1. The lowest BCUT2D eigenvalue weighted by molar-refractivity contribution is -0.119. The number of nitrogens with one attached hydrogen (secondary N) is 3. The average molecular weight is 349 g/mol. The lowest BCUT2D eigenvalue weighted by Crippen LogP contribution is -2.47. The number of amides is 2. The van der Waals surface area contributed by atoms with E-state index in [9.17, 15) is 9.59 Å². The van der Waals surface area contributed by atoms with Gasteiger partial charge in [-0.05, 0) is 18.3 Å². The smallest absolute Gasteiger partial charge is 0.261 e. The molecule has 2 amide bonds. The minimum Gasteiger partial charge on any atom is -0.358 e. The van der Waals surface area contributed by atoms with Gasteiger partial charge >= 0.3 is 0 Å². The van der Waals surface area contributed by atoms with Gasteiger partial charge in [0.2, 0.25) is 5.91 Å². The Kier molecular flexibility index (Phi) is 6.24. The SMILES string of the molecule is C=CCNC(=S)NNC(=O)CSC1=NC(=O)C2C=CC=CC2=N1. The number of thiocarbonyl (C=S) groups is 1. The molecule has 0 saturated heterocycles. The van der Waals surface area contributed by atoms with E-state index in [1.165, 1.54) is 0 Å². The minimum atomic E-state index is -0.409. The second-order valence-electron chi connectivity index (χ2n) is 4.45. The van der Waals surface area contributed by atoms with Gasteiger partial charge in [0.25, 0.3) is 5.91 Å². The van der Waals surface area contributed by atoms with Crippen LogP contribution < -0.4 is 16.2 Å². The summed E-state index contributed by atoms with van der Waals surface area (Å²) in [7, 11) is 0. The first kappa shape index (κ1) is 17.1. The van der Waals surface area contributed by atoms with Gasteiger partial charge < -0.3 is 5.32 Å².